The van der Waals surface area contributed by atoms with Gasteiger partial charge in [-0.05, 0) is 25.1 Å². The Labute approximate surface area is 113 Å². The maximum atomic E-state index is 13.4. The highest BCUT2D eigenvalue weighted by molar-refractivity contribution is 5.39. The summed E-state index contributed by atoms with van der Waals surface area (Å²) in [6.45, 7) is 1.58. The van der Waals surface area contributed by atoms with Gasteiger partial charge in [0.2, 0.25) is 5.82 Å². The van der Waals surface area contributed by atoms with Crippen molar-refractivity contribution in [2.75, 3.05) is 0 Å². The van der Waals surface area contributed by atoms with Crippen molar-refractivity contribution in [3.63, 3.8) is 0 Å². The highest BCUT2D eigenvalue weighted by atomic mass is 19.1. The van der Waals surface area contributed by atoms with E-state index in [-0.39, 0.29) is 5.75 Å². The molecule has 0 aliphatic heterocycles. The van der Waals surface area contributed by atoms with E-state index in [9.17, 15) is 19.6 Å². The maximum Gasteiger partial charge on any atom is 0.305 e. The third-order valence-electron chi connectivity index (χ3n) is 2.54. The number of aromatic nitrogens is 1. The minimum atomic E-state index is -0.971. The second-order valence-electron chi connectivity index (χ2n) is 4.07. The van der Waals surface area contributed by atoms with Gasteiger partial charge < -0.3 is 9.84 Å². The molecule has 0 bridgehead atoms. The van der Waals surface area contributed by atoms with E-state index in [1.807, 2.05) is 0 Å². The average Bonchev–Trinajstić information content (AvgIpc) is 2.39. The molecular formula is C13H11FN2O4. The Hall–Kier alpha value is -2.54. The first-order chi connectivity index (χ1) is 9.47. The molecule has 20 heavy (non-hydrogen) atoms. The van der Waals surface area contributed by atoms with Crippen LogP contribution in [0.5, 0.6) is 11.5 Å². The lowest BCUT2D eigenvalue weighted by Crippen LogP contribution is -1.96. The first-order valence-electron chi connectivity index (χ1n) is 5.73. The molecule has 7 heteroatoms. The molecule has 0 fully saturated rings. The molecule has 104 valence electrons. The van der Waals surface area contributed by atoms with Crippen LogP contribution in [-0.2, 0) is 0 Å². The normalized spacial score (nSPS) is 11.9. The number of aliphatic hydroxyl groups excluding tert-OH is 1. The van der Waals surface area contributed by atoms with Gasteiger partial charge in [0.1, 0.15) is 11.5 Å². The number of aliphatic hydroxyl groups is 1. The molecule has 2 aromatic rings. The monoisotopic (exact) mass is 278 g/mol. The van der Waals surface area contributed by atoms with Gasteiger partial charge in [0.15, 0.2) is 0 Å². The lowest BCUT2D eigenvalue weighted by molar-refractivity contribution is -0.387. The molecular weight excluding hydrogens is 267 g/mol. The Bertz CT molecular complexity index is 629. The fourth-order valence-corrected chi connectivity index (χ4v) is 1.53. The second-order valence-corrected chi connectivity index (χ2v) is 4.07. The summed E-state index contributed by atoms with van der Waals surface area (Å²) >= 11 is 0. The number of nitro benzene ring substituents is 1. The lowest BCUT2D eigenvalue weighted by atomic mass is 10.2. The minimum Gasteiger partial charge on any atom is -0.456 e. The van der Waals surface area contributed by atoms with Gasteiger partial charge in [0, 0.05) is 12.1 Å². The van der Waals surface area contributed by atoms with Crippen LogP contribution in [-0.4, -0.2) is 15.0 Å². The van der Waals surface area contributed by atoms with E-state index in [0.717, 1.165) is 12.1 Å². The van der Waals surface area contributed by atoms with Gasteiger partial charge in [0.05, 0.1) is 22.9 Å². The SMILES string of the molecule is C[C@H](O)c1ccc(Oc2ccc([N+](=O)[O-])c(F)c2)cn1. The molecule has 1 N–H and O–H groups in total. The van der Waals surface area contributed by atoms with E-state index in [4.69, 9.17) is 4.74 Å². The molecule has 0 aliphatic rings. The number of halogens is 1. The average molecular weight is 278 g/mol. The van der Waals surface area contributed by atoms with Crippen molar-refractivity contribution in [1.29, 1.82) is 0 Å². The van der Waals surface area contributed by atoms with Crippen LogP contribution in [0.2, 0.25) is 0 Å². The van der Waals surface area contributed by atoms with Crippen LogP contribution >= 0.6 is 0 Å². The topological polar surface area (TPSA) is 85.5 Å². The Morgan fingerprint density at radius 1 is 1.35 bits per heavy atom. The molecule has 0 radical (unpaired) electrons. The maximum absolute atomic E-state index is 13.4. The van der Waals surface area contributed by atoms with Crippen LogP contribution in [0.4, 0.5) is 10.1 Å². The number of pyridine rings is 1. The fraction of sp³-hybridized carbons (Fsp3) is 0.154. The summed E-state index contributed by atoms with van der Waals surface area (Å²) in [5, 5.41) is 19.8. The zero-order valence-corrected chi connectivity index (χ0v) is 10.5. The van der Waals surface area contributed by atoms with Gasteiger partial charge in [-0.3, -0.25) is 15.1 Å². The molecule has 0 aliphatic carbocycles. The van der Waals surface area contributed by atoms with Crippen molar-refractivity contribution in [2.24, 2.45) is 0 Å². The smallest absolute Gasteiger partial charge is 0.305 e. The van der Waals surface area contributed by atoms with Crippen molar-refractivity contribution < 1.29 is 19.2 Å². The third-order valence-corrected chi connectivity index (χ3v) is 2.54. The molecule has 1 aromatic carbocycles. The molecule has 0 amide bonds. The van der Waals surface area contributed by atoms with Gasteiger partial charge in [-0.2, -0.15) is 4.39 Å². The zero-order valence-electron chi connectivity index (χ0n) is 10.5. The number of hydrogen-bond donors (Lipinski definition) is 1. The minimum absolute atomic E-state index is 0.125. The Balaban J connectivity index is 2.17. The van der Waals surface area contributed by atoms with Crippen molar-refractivity contribution in [3.05, 3.63) is 58.2 Å². The number of hydrogen-bond acceptors (Lipinski definition) is 5. The highest BCUT2D eigenvalue weighted by Crippen LogP contribution is 2.26. The Kier molecular flexibility index (Phi) is 3.90. The van der Waals surface area contributed by atoms with Crippen molar-refractivity contribution in [2.45, 2.75) is 13.0 Å². The Morgan fingerprint density at radius 3 is 2.55 bits per heavy atom. The van der Waals surface area contributed by atoms with Crippen LogP contribution < -0.4 is 4.74 Å². The van der Waals surface area contributed by atoms with E-state index in [2.05, 4.69) is 4.98 Å². The predicted octanol–water partition coefficient (Wildman–Crippen LogP) is 2.97. The molecule has 0 saturated carbocycles. The van der Waals surface area contributed by atoms with Gasteiger partial charge in [0.25, 0.3) is 0 Å². The van der Waals surface area contributed by atoms with E-state index >= 15 is 0 Å². The van der Waals surface area contributed by atoms with Gasteiger partial charge in [-0.15, -0.1) is 0 Å². The summed E-state index contributed by atoms with van der Waals surface area (Å²) in [5.41, 5.74) is -0.132. The summed E-state index contributed by atoms with van der Waals surface area (Å²) in [6, 6.07) is 6.39. The number of nitro groups is 1. The highest BCUT2D eigenvalue weighted by Gasteiger charge is 2.14. The number of benzene rings is 1. The van der Waals surface area contributed by atoms with E-state index in [0.29, 0.717) is 11.4 Å². The zero-order chi connectivity index (χ0) is 14.7. The lowest BCUT2D eigenvalue weighted by Gasteiger charge is -2.07. The largest absolute Gasteiger partial charge is 0.456 e. The quantitative estimate of drug-likeness (QED) is 0.686. The summed E-state index contributed by atoms with van der Waals surface area (Å²) in [4.78, 5) is 13.6. The molecule has 0 spiro atoms. The van der Waals surface area contributed by atoms with Crippen LogP contribution in [0, 0.1) is 15.9 Å². The molecule has 0 saturated heterocycles. The van der Waals surface area contributed by atoms with E-state index < -0.39 is 22.5 Å². The van der Waals surface area contributed by atoms with Gasteiger partial charge in [-0.25, -0.2) is 0 Å². The summed E-state index contributed by atoms with van der Waals surface area (Å²) in [7, 11) is 0. The first-order valence-corrected chi connectivity index (χ1v) is 5.73. The molecule has 1 heterocycles. The van der Waals surface area contributed by atoms with Crippen molar-refractivity contribution in [1.82, 2.24) is 4.98 Å². The van der Waals surface area contributed by atoms with Crippen molar-refractivity contribution >= 4 is 5.69 Å². The van der Waals surface area contributed by atoms with Crippen molar-refractivity contribution in [3.8, 4) is 11.5 Å². The summed E-state index contributed by atoms with van der Waals surface area (Å²) in [5.74, 6) is -0.511. The number of ether oxygens (including phenoxy) is 1. The second kappa shape index (κ2) is 5.62. The molecule has 1 atom stereocenters. The molecule has 0 unspecified atom stereocenters. The van der Waals surface area contributed by atoms with E-state index in [1.165, 1.54) is 12.3 Å². The van der Waals surface area contributed by atoms with Crippen LogP contribution in [0.15, 0.2) is 36.5 Å². The standard InChI is InChI=1S/C13H11FN2O4/c1-8(17)12-4-2-10(7-15-12)20-9-3-5-13(16(18)19)11(14)6-9/h2-8,17H,1H3/t8-/m0/s1. The predicted molar refractivity (Wildman–Crippen MR) is 68.0 cm³/mol. The van der Waals surface area contributed by atoms with Crippen LogP contribution in [0.25, 0.3) is 0 Å². The summed E-state index contributed by atoms with van der Waals surface area (Å²) in [6.07, 6.45) is 0.683. The molecule has 1 aromatic heterocycles. The van der Waals surface area contributed by atoms with Crippen LogP contribution in [0.3, 0.4) is 0 Å². The summed E-state index contributed by atoms with van der Waals surface area (Å²) < 4.78 is 18.7. The van der Waals surface area contributed by atoms with Crippen LogP contribution in [0.1, 0.15) is 18.7 Å². The van der Waals surface area contributed by atoms with Gasteiger partial charge in [-0.1, -0.05) is 0 Å². The fourth-order valence-electron chi connectivity index (χ4n) is 1.53. The molecule has 2 rings (SSSR count). The van der Waals surface area contributed by atoms with E-state index in [1.54, 1.807) is 19.1 Å². The Morgan fingerprint density at radius 2 is 2.05 bits per heavy atom. The number of nitrogens with zero attached hydrogens (tertiary/aromatic N) is 2. The van der Waals surface area contributed by atoms with Gasteiger partial charge >= 0.3 is 5.69 Å². The molecule has 6 nitrogen and oxygen atoms in total. The third kappa shape index (κ3) is 3.07. The first kappa shape index (κ1) is 13.9. The number of rotatable bonds is 4.